The summed E-state index contributed by atoms with van der Waals surface area (Å²) in [4.78, 5) is 12.0. The third-order valence-electron chi connectivity index (χ3n) is 3.79. The number of carbonyl (C=O) groups is 1. The lowest BCUT2D eigenvalue weighted by atomic mass is 10.2. The van der Waals surface area contributed by atoms with E-state index in [1.807, 2.05) is 0 Å². The maximum Gasteiger partial charge on any atom is 0.232 e. The van der Waals surface area contributed by atoms with Crippen LogP contribution in [0.25, 0.3) is 0 Å². The lowest BCUT2D eigenvalue weighted by molar-refractivity contribution is -0.121. The Balaban J connectivity index is 1.92. The maximum absolute atomic E-state index is 13.4. The van der Waals surface area contributed by atoms with Crippen molar-refractivity contribution < 1.29 is 22.0 Å². The molecule has 146 valence electrons. The third-order valence-corrected chi connectivity index (χ3v) is 5.35. The standard InChI is InChI=1S/C18H19ClF2N2O3S/c1-27(25,26)23(14-8-9-16(20)17(21)11-14)10-4-7-18(24)22-12-13-5-2-3-6-15(13)19/h2-3,5-6,8-9,11H,4,7,10,12H2,1H3,(H,22,24). The normalized spacial score (nSPS) is 11.3. The fraction of sp³-hybridized carbons (Fsp3) is 0.278. The van der Waals surface area contributed by atoms with Gasteiger partial charge in [-0.3, -0.25) is 9.10 Å². The highest BCUT2D eigenvalue weighted by Gasteiger charge is 2.19. The van der Waals surface area contributed by atoms with Crippen molar-refractivity contribution in [1.29, 1.82) is 0 Å². The van der Waals surface area contributed by atoms with Gasteiger partial charge in [0.15, 0.2) is 11.6 Å². The molecule has 2 aromatic rings. The molecule has 9 heteroatoms. The Hall–Kier alpha value is -2.19. The Labute approximate surface area is 162 Å². The van der Waals surface area contributed by atoms with Gasteiger partial charge in [0.25, 0.3) is 0 Å². The third kappa shape index (κ3) is 6.18. The summed E-state index contributed by atoms with van der Waals surface area (Å²) in [6, 6.07) is 9.95. The Kier molecular flexibility index (Phi) is 7.15. The number of carbonyl (C=O) groups excluding carboxylic acids is 1. The summed E-state index contributed by atoms with van der Waals surface area (Å²) in [5.74, 6) is -2.47. The minimum absolute atomic E-state index is 0.00729. The second-order valence-corrected chi connectivity index (χ2v) is 8.22. The van der Waals surface area contributed by atoms with E-state index in [2.05, 4.69) is 5.32 Å². The molecule has 0 unspecified atom stereocenters. The summed E-state index contributed by atoms with van der Waals surface area (Å²) in [6.07, 6.45) is 1.24. The number of benzene rings is 2. The molecule has 0 fully saturated rings. The van der Waals surface area contributed by atoms with E-state index in [0.29, 0.717) is 5.02 Å². The number of nitrogens with one attached hydrogen (secondary N) is 1. The lowest BCUT2D eigenvalue weighted by Gasteiger charge is -2.22. The number of rotatable bonds is 8. The second kappa shape index (κ2) is 9.14. The number of hydrogen-bond donors (Lipinski definition) is 1. The van der Waals surface area contributed by atoms with Crippen LogP contribution in [-0.2, 0) is 21.4 Å². The molecule has 1 N–H and O–H groups in total. The van der Waals surface area contributed by atoms with Crippen molar-refractivity contribution in [3.8, 4) is 0 Å². The van der Waals surface area contributed by atoms with Crippen LogP contribution in [0.4, 0.5) is 14.5 Å². The van der Waals surface area contributed by atoms with Gasteiger partial charge >= 0.3 is 0 Å². The monoisotopic (exact) mass is 416 g/mol. The zero-order valence-corrected chi connectivity index (χ0v) is 16.2. The molecule has 0 aliphatic heterocycles. The van der Waals surface area contributed by atoms with E-state index >= 15 is 0 Å². The molecule has 0 aliphatic carbocycles. The van der Waals surface area contributed by atoms with Gasteiger partial charge in [0, 0.05) is 30.6 Å². The van der Waals surface area contributed by atoms with E-state index in [-0.39, 0.29) is 37.5 Å². The average Bonchev–Trinajstić information content (AvgIpc) is 2.59. The van der Waals surface area contributed by atoms with E-state index in [4.69, 9.17) is 11.6 Å². The summed E-state index contributed by atoms with van der Waals surface area (Å²) in [5, 5.41) is 3.25. The topological polar surface area (TPSA) is 66.5 Å². The molecule has 0 spiro atoms. The number of sulfonamides is 1. The van der Waals surface area contributed by atoms with Crippen molar-refractivity contribution in [1.82, 2.24) is 5.32 Å². The Bertz CT molecular complexity index is 923. The summed E-state index contributed by atoms with van der Waals surface area (Å²) in [5.41, 5.74) is 0.778. The fourth-order valence-corrected chi connectivity index (χ4v) is 3.59. The van der Waals surface area contributed by atoms with Crippen LogP contribution in [0.2, 0.25) is 5.02 Å². The molecule has 5 nitrogen and oxygen atoms in total. The van der Waals surface area contributed by atoms with Gasteiger partial charge in [-0.15, -0.1) is 0 Å². The molecule has 0 aliphatic rings. The molecule has 0 radical (unpaired) electrons. The van der Waals surface area contributed by atoms with Crippen LogP contribution in [0, 0.1) is 11.6 Å². The highest BCUT2D eigenvalue weighted by Crippen LogP contribution is 2.21. The molecular weight excluding hydrogens is 398 g/mol. The van der Waals surface area contributed by atoms with Crippen LogP contribution in [0.15, 0.2) is 42.5 Å². The van der Waals surface area contributed by atoms with Crippen molar-refractivity contribution in [2.45, 2.75) is 19.4 Å². The first-order valence-electron chi connectivity index (χ1n) is 8.11. The first kappa shape index (κ1) is 21.1. The fourth-order valence-electron chi connectivity index (χ4n) is 2.43. The van der Waals surface area contributed by atoms with E-state index in [9.17, 15) is 22.0 Å². The Morgan fingerprint density at radius 1 is 1.15 bits per heavy atom. The predicted octanol–water partition coefficient (Wildman–Crippen LogP) is 3.48. The largest absolute Gasteiger partial charge is 0.352 e. The number of hydrogen-bond acceptors (Lipinski definition) is 3. The van der Waals surface area contributed by atoms with Gasteiger partial charge in [-0.25, -0.2) is 17.2 Å². The Morgan fingerprint density at radius 3 is 2.48 bits per heavy atom. The van der Waals surface area contributed by atoms with Gasteiger partial charge in [-0.05, 0) is 30.2 Å². The van der Waals surface area contributed by atoms with E-state index in [1.165, 1.54) is 6.07 Å². The molecule has 0 heterocycles. The van der Waals surface area contributed by atoms with E-state index in [0.717, 1.165) is 28.3 Å². The van der Waals surface area contributed by atoms with Gasteiger partial charge in [0.1, 0.15) is 0 Å². The van der Waals surface area contributed by atoms with Gasteiger partial charge < -0.3 is 5.32 Å². The summed E-state index contributed by atoms with van der Waals surface area (Å²) in [7, 11) is -3.71. The SMILES string of the molecule is CS(=O)(=O)N(CCCC(=O)NCc1ccccc1Cl)c1ccc(F)c(F)c1. The van der Waals surface area contributed by atoms with Gasteiger partial charge in [-0.2, -0.15) is 0 Å². The highest BCUT2D eigenvalue weighted by atomic mass is 35.5. The van der Waals surface area contributed by atoms with Crippen molar-refractivity contribution in [2.24, 2.45) is 0 Å². The molecule has 0 atom stereocenters. The van der Waals surface area contributed by atoms with Crippen molar-refractivity contribution in [3.05, 3.63) is 64.7 Å². The predicted molar refractivity (Wildman–Crippen MR) is 101 cm³/mol. The van der Waals surface area contributed by atoms with Gasteiger partial charge in [-0.1, -0.05) is 29.8 Å². The van der Waals surface area contributed by atoms with Gasteiger partial charge in [0.05, 0.1) is 11.9 Å². The molecule has 1 amide bonds. The zero-order valence-electron chi connectivity index (χ0n) is 14.6. The smallest absolute Gasteiger partial charge is 0.232 e. The first-order chi connectivity index (χ1) is 12.7. The van der Waals surface area contributed by atoms with Crippen molar-refractivity contribution in [2.75, 3.05) is 17.1 Å². The van der Waals surface area contributed by atoms with Crippen LogP contribution < -0.4 is 9.62 Å². The molecule has 2 aromatic carbocycles. The van der Waals surface area contributed by atoms with Gasteiger partial charge in [0.2, 0.25) is 15.9 Å². The average molecular weight is 417 g/mol. The molecular formula is C18H19ClF2N2O3S. The summed E-state index contributed by atoms with van der Waals surface area (Å²) < 4.78 is 51.3. The number of anilines is 1. The minimum atomic E-state index is -3.71. The van der Waals surface area contributed by atoms with Crippen LogP contribution in [-0.4, -0.2) is 27.1 Å². The first-order valence-corrected chi connectivity index (χ1v) is 10.3. The summed E-state index contributed by atoms with van der Waals surface area (Å²) >= 11 is 6.01. The van der Waals surface area contributed by atoms with E-state index < -0.39 is 21.7 Å². The molecule has 27 heavy (non-hydrogen) atoms. The lowest BCUT2D eigenvalue weighted by Crippen LogP contribution is -2.32. The number of halogens is 3. The van der Waals surface area contributed by atoms with Crippen molar-refractivity contribution >= 4 is 33.2 Å². The maximum atomic E-state index is 13.4. The second-order valence-electron chi connectivity index (χ2n) is 5.91. The zero-order chi connectivity index (χ0) is 20.0. The van der Waals surface area contributed by atoms with Crippen LogP contribution in [0.1, 0.15) is 18.4 Å². The van der Waals surface area contributed by atoms with Crippen LogP contribution in [0.3, 0.4) is 0 Å². The minimum Gasteiger partial charge on any atom is -0.352 e. The Morgan fingerprint density at radius 2 is 1.85 bits per heavy atom. The molecule has 2 rings (SSSR count). The molecule has 0 saturated carbocycles. The van der Waals surface area contributed by atoms with E-state index in [1.54, 1.807) is 24.3 Å². The number of nitrogens with zero attached hydrogens (tertiary/aromatic N) is 1. The molecule has 0 aromatic heterocycles. The highest BCUT2D eigenvalue weighted by molar-refractivity contribution is 7.92. The molecule has 0 bridgehead atoms. The summed E-state index contributed by atoms with van der Waals surface area (Å²) in [6.45, 7) is 0.223. The quantitative estimate of drug-likeness (QED) is 0.716. The number of amides is 1. The van der Waals surface area contributed by atoms with Crippen LogP contribution >= 0.6 is 11.6 Å². The van der Waals surface area contributed by atoms with Crippen LogP contribution in [0.5, 0.6) is 0 Å². The molecule has 0 saturated heterocycles. The van der Waals surface area contributed by atoms with Crippen molar-refractivity contribution in [3.63, 3.8) is 0 Å².